The second-order valence-corrected chi connectivity index (χ2v) is 8.09. The molecule has 0 aliphatic heterocycles. The van der Waals surface area contributed by atoms with Crippen LogP contribution in [-0.2, 0) is 16.6 Å². The summed E-state index contributed by atoms with van der Waals surface area (Å²) < 4.78 is 29.4. The van der Waals surface area contributed by atoms with Crippen LogP contribution < -0.4 is 4.72 Å². The minimum atomic E-state index is -3.73. The van der Waals surface area contributed by atoms with Crippen molar-refractivity contribution in [3.8, 4) is 5.69 Å². The standard InChI is InChI=1S/C17H18ClN5O2S/c1-22(2)11-14-12-23(21-19-14)17-10-13(18)8-9-16(17)20-26(24,25)15-6-4-3-5-7-15/h3-10,12,20H,11H2,1-2H3. The van der Waals surface area contributed by atoms with Crippen molar-refractivity contribution in [3.05, 3.63) is 65.4 Å². The molecule has 0 radical (unpaired) electrons. The van der Waals surface area contributed by atoms with E-state index in [1.165, 1.54) is 16.8 Å². The molecule has 1 N–H and O–H groups in total. The Balaban J connectivity index is 1.98. The van der Waals surface area contributed by atoms with E-state index in [1.54, 1.807) is 42.6 Å². The van der Waals surface area contributed by atoms with Crippen LogP contribution in [0, 0.1) is 0 Å². The predicted octanol–water partition coefficient (Wildman–Crippen LogP) is 2.78. The number of nitrogens with one attached hydrogen (secondary N) is 1. The fourth-order valence-electron chi connectivity index (χ4n) is 2.40. The highest BCUT2D eigenvalue weighted by Crippen LogP contribution is 2.26. The van der Waals surface area contributed by atoms with E-state index in [0.29, 0.717) is 22.9 Å². The first-order valence-electron chi connectivity index (χ1n) is 7.79. The van der Waals surface area contributed by atoms with Crippen LogP contribution in [0.15, 0.2) is 59.6 Å². The summed E-state index contributed by atoms with van der Waals surface area (Å²) in [5.41, 5.74) is 1.61. The van der Waals surface area contributed by atoms with E-state index >= 15 is 0 Å². The number of aromatic nitrogens is 3. The van der Waals surface area contributed by atoms with Crippen LogP contribution in [0.5, 0.6) is 0 Å². The molecule has 26 heavy (non-hydrogen) atoms. The van der Waals surface area contributed by atoms with Crippen molar-refractivity contribution < 1.29 is 8.42 Å². The molecule has 136 valence electrons. The summed E-state index contributed by atoms with van der Waals surface area (Å²) in [6.07, 6.45) is 1.74. The molecule has 0 saturated carbocycles. The van der Waals surface area contributed by atoms with E-state index < -0.39 is 10.0 Å². The van der Waals surface area contributed by atoms with Crippen LogP contribution in [-0.4, -0.2) is 42.4 Å². The quantitative estimate of drug-likeness (QED) is 0.698. The Morgan fingerprint density at radius 2 is 1.88 bits per heavy atom. The van der Waals surface area contributed by atoms with E-state index in [2.05, 4.69) is 15.0 Å². The Bertz CT molecular complexity index is 1000. The summed E-state index contributed by atoms with van der Waals surface area (Å²) in [6, 6.07) is 13.0. The van der Waals surface area contributed by atoms with Gasteiger partial charge in [-0.1, -0.05) is 35.0 Å². The maximum atomic E-state index is 12.6. The van der Waals surface area contributed by atoms with Crippen molar-refractivity contribution in [3.63, 3.8) is 0 Å². The molecule has 0 saturated heterocycles. The molecule has 1 heterocycles. The molecule has 3 rings (SSSR count). The van der Waals surface area contributed by atoms with Crippen molar-refractivity contribution in [2.45, 2.75) is 11.4 Å². The fraction of sp³-hybridized carbons (Fsp3) is 0.176. The molecule has 0 unspecified atom stereocenters. The molecule has 0 bridgehead atoms. The number of rotatable bonds is 6. The minimum Gasteiger partial charge on any atom is -0.303 e. The second-order valence-electron chi connectivity index (χ2n) is 5.97. The third-order valence-corrected chi connectivity index (χ3v) is 5.14. The molecule has 0 atom stereocenters. The summed E-state index contributed by atoms with van der Waals surface area (Å²) >= 11 is 6.10. The van der Waals surface area contributed by atoms with Gasteiger partial charge in [0, 0.05) is 11.6 Å². The van der Waals surface area contributed by atoms with Gasteiger partial charge in [-0.05, 0) is 44.4 Å². The van der Waals surface area contributed by atoms with Gasteiger partial charge >= 0.3 is 0 Å². The van der Waals surface area contributed by atoms with Crippen molar-refractivity contribution in [1.29, 1.82) is 0 Å². The maximum Gasteiger partial charge on any atom is 0.261 e. The van der Waals surface area contributed by atoms with Gasteiger partial charge in [0.25, 0.3) is 10.0 Å². The smallest absolute Gasteiger partial charge is 0.261 e. The zero-order chi connectivity index (χ0) is 18.7. The molecular weight excluding hydrogens is 374 g/mol. The van der Waals surface area contributed by atoms with Gasteiger partial charge in [0.05, 0.1) is 28.2 Å². The summed E-state index contributed by atoms with van der Waals surface area (Å²) in [4.78, 5) is 2.14. The summed E-state index contributed by atoms with van der Waals surface area (Å²) in [5, 5.41) is 8.66. The van der Waals surface area contributed by atoms with E-state index in [0.717, 1.165) is 5.69 Å². The van der Waals surface area contributed by atoms with Gasteiger partial charge in [-0.3, -0.25) is 4.72 Å². The van der Waals surface area contributed by atoms with E-state index in [-0.39, 0.29) is 4.90 Å². The van der Waals surface area contributed by atoms with E-state index in [4.69, 9.17) is 11.6 Å². The lowest BCUT2D eigenvalue weighted by Gasteiger charge is -2.13. The van der Waals surface area contributed by atoms with E-state index in [1.807, 2.05) is 19.0 Å². The highest BCUT2D eigenvalue weighted by molar-refractivity contribution is 7.92. The Kier molecular flexibility index (Phi) is 5.26. The Morgan fingerprint density at radius 1 is 1.15 bits per heavy atom. The molecule has 2 aromatic carbocycles. The van der Waals surface area contributed by atoms with Gasteiger partial charge in [0.2, 0.25) is 0 Å². The summed E-state index contributed by atoms with van der Waals surface area (Å²) in [6.45, 7) is 0.617. The minimum absolute atomic E-state index is 0.174. The number of benzene rings is 2. The predicted molar refractivity (Wildman–Crippen MR) is 101 cm³/mol. The van der Waals surface area contributed by atoms with Crippen molar-refractivity contribution in [2.24, 2.45) is 0 Å². The highest BCUT2D eigenvalue weighted by atomic mass is 35.5. The largest absolute Gasteiger partial charge is 0.303 e. The molecule has 0 fully saturated rings. The highest BCUT2D eigenvalue weighted by Gasteiger charge is 2.17. The van der Waals surface area contributed by atoms with Crippen LogP contribution in [0.3, 0.4) is 0 Å². The molecule has 0 spiro atoms. The summed E-state index contributed by atoms with van der Waals surface area (Å²) in [5.74, 6) is 0. The molecular formula is C17H18ClN5O2S. The van der Waals surface area contributed by atoms with Crippen molar-refractivity contribution >= 4 is 27.3 Å². The van der Waals surface area contributed by atoms with Gasteiger partial charge in [-0.2, -0.15) is 0 Å². The zero-order valence-corrected chi connectivity index (χ0v) is 15.9. The lowest BCUT2D eigenvalue weighted by atomic mass is 10.3. The van der Waals surface area contributed by atoms with Gasteiger partial charge in [-0.15, -0.1) is 5.10 Å². The SMILES string of the molecule is CN(C)Cc1cn(-c2cc(Cl)ccc2NS(=O)(=O)c2ccccc2)nn1. The lowest BCUT2D eigenvalue weighted by molar-refractivity contribution is 0.396. The number of nitrogens with zero attached hydrogens (tertiary/aromatic N) is 4. The Morgan fingerprint density at radius 3 is 2.58 bits per heavy atom. The Hall–Kier alpha value is -2.42. The van der Waals surface area contributed by atoms with Crippen molar-refractivity contribution in [2.75, 3.05) is 18.8 Å². The first kappa shape index (κ1) is 18.4. The van der Waals surface area contributed by atoms with Crippen LogP contribution >= 0.6 is 11.6 Å². The third kappa shape index (κ3) is 4.21. The number of anilines is 1. The Labute approximate surface area is 157 Å². The van der Waals surface area contributed by atoms with Crippen LogP contribution in [0.2, 0.25) is 5.02 Å². The van der Waals surface area contributed by atoms with Gasteiger partial charge in [-0.25, -0.2) is 13.1 Å². The number of hydrogen-bond donors (Lipinski definition) is 1. The first-order chi connectivity index (χ1) is 12.3. The third-order valence-electron chi connectivity index (χ3n) is 3.52. The molecule has 3 aromatic rings. The summed E-state index contributed by atoms with van der Waals surface area (Å²) in [7, 11) is 0.125. The number of halogens is 1. The number of sulfonamides is 1. The van der Waals surface area contributed by atoms with Gasteiger partial charge in [0.15, 0.2) is 0 Å². The average Bonchev–Trinajstić information content (AvgIpc) is 3.04. The molecule has 0 amide bonds. The average molecular weight is 392 g/mol. The van der Waals surface area contributed by atoms with Crippen molar-refractivity contribution in [1.82, 2.24) is 19.9 Å². The molecule has 0 aliphatic carbocycles. The van der Waals surface area contributed by atoms with Gasteiger partial charge in [0.1, 0.15) is 0 Å². The maximum absolute atomic E-state index is 12.6. The normalized spacial score (nSPS) is 11.7. The molecule has 1 aromatic heterocycles. The van der Waals surface area contributed by atoms with Crippen LogP contribution in [0.25, 0.3) is 5.69 Å². The lowest BCUT2D eigenvalue weighted by Crippen LogP contribution is -2.15. The van der Waals surface area contributed by atoms with Crippen LogP contribution in [0.4, 0.5) is 5.69 Å². The first-order valence-corrected chi connectivity index (χ1v) is 9.65. The monoisotopic (exact) mass is 391 g/mol. The van der Waals surface area contributed by atoms with E-state index in [9.17, 15) is 8.42 Å². The molecule has 0 aliphatic rings. The second kappa shape index (κ2) is 7.45. The molecule has 7 nitrogen and oxygen atoms in total. The van der Waals surface area contributed by atoms with Gasteiger partial charge < -0.3 is 4.90 Å². The fourth-order valence-corrected chi connectivity index (χ4v) is 3.66. The topological polar surface area (TPSA) is 80.1 Å². The molecule has 9 heteroatoms. The number of hydrogen-bond acceptors (Lipinski definition) is 5. The zero-order valence-electron chi connectivity index (χ0n) is 14.3. The van der Waals surface area contributed by atoms with Crippen LogP contribution in [0.1, 0.15) is 5.69 Å².